The smallest absolute Gasteiger partial charge is 0.144 e. The summed E-state index contributed by atoms with van der Waals surface area (Å²) in [6.07, 6.45) is 3.62. The molecule has 0 N–H and O–H groups in total. The SMILES string of the molecule is CCN(Cc1ccncc1)Cc1nc(C)cc(Cl)n1. The zero-order chi connectivity index (χ0) is 13.7. The molecule has 2 aromatic rings. The molecule has 2 heterocycles. The van der Waals surface area contributed by atoms with Gasteiger partial charge in [0.05, 0.1) is 6.54 Å². The predicted molar refractivity (Wildman–Crippen MR) is 75.8 cm³/mol. The first-order valence-electron chi connectivity index (χ1n) is 6.28. The van der Waals surface area contributed by atoms with Gasteiger partial charge in [0.15, 0.2) is 0 Å². The summed E-state index contributed by atoms with van der Waals surface area (Å²) in [5, 5.41) is 0.502. The van der Waals surface area contributed by atoms with Crippen molar-refractivity contribution in [3.05, 3.63) is 52.8 Å². The lowest BCUT2D eigenvalue weighted by molar-refractivity contribution is 0.264. The fraction of sp³-hybridized carbons (Fsp3) is 0.357. The van der Waals surface area contributed by atoms with Gasteiger partial charge in [-0.2, -0.15) is 0 Å². The second-order valence-corrected chi connectivity index (χ2v) is 4.79. The van der Waals surface area contributed by atoms with Crippen molar-refractivity contribution in [1.29, 1.82) is 0 Å². The molecule has 0 saturated heterocycles. The minimum absolute atomic E-state index is 0.502. The standard InChI is InChI=1S/C14H17ClN4/c1-3-19(9-12-4-6-16-7-5-12)10-14-17-11(2)8-13(15)18-14/h4-8H,3,9-10H2,1-2H3. The van der Waals surface area contributed by atoms with Gasteiger partial charge in [-0.1, -0.05) is 18.5 Å². The van der Waals surface area contributed by atoms with E-state index < -0.39 is 0 Å². The number of rotatable bonds is 5. The van der Waals surface area contributed by atoms with Crippen LogP contribution < -0.4 is 0 Å². The Bertz CT molecular complexity index is 510. The Balaban J connectivity index is 2.06. The lowest BCUT2D eigenvalue weighted by Gasteiger charge is -2.19. The Labute approximate surface area is 118 Å². The molecule has 0 bridgehead atoms. The molecule has 0 aliphatic rings. The van der Waals surface area contributed by atoms with Crippen molar-refractivity contribution in [2.75, 3.05) is 6.54 Å². The Morgan fingerprint density at radius 3 is 2.53 bits per heavy atom. The van der Waals surface area contributed by atoms with Gasteiger partial charge in [-0.05, 0) is 37.2 Å². The first-order valence-corrected chi connectivity index (χ1v) is 6.66. The Morgan fingerprint density at radius 1 is 1.16 bits per heavy atom. The second kappa shape index (κ2) is 6.59. The quantitative estimate of drug-likeness (QED) is 0.788. The maximum atomic E-state index is 5.96. The van der Waals surface area contributed by atoms with Crippen LogP contribution in [0.5, 0.6) is 0 Å². The Kier molecular flexibility index (Phi) is 4.82. The molecule has 2 rings (SSSR count). The summed E-state index contributed by atoms with van der Waals surface area (Å²) in [5.74, 6) is 0.765. The number of hydrogen-bond acceptors (Lipinski definition) is 4. The highest BCUT2D eigenvalue weighted by Crippen LogP contribution is 2.10. The van der Waals surface area contributed by atoms with Crippen LogP contribution >= 0.6 is 11.6 Å². The molecule has 0 aliphatic carbocycles. The van der Waals surface area contributed by atoms with Gasteiger partial charge in [0.1, 0.15) is 11.0 Å². The van der Waals surface area contributed by atoms with E-state index in [1.54, 1.807) is 6.07 Å². The molecule has 0 amide bonds. The van der Waals surface area contributed by atoms with Crippen LogP contribution in [0.25, 0.3) is 0 Å². The number of aryl methyl sites for hydroxylation is 1. The summed E-state index contributed by atoms with van der Waals surface area (Å²) in [6, 6.07) is 5.81. The third-order valence-electron chi connectivity index (χ3n) is 2.84. The van der Waals surface area contributed by atoms with Crippen molar-refractivity contribution < 1.29 is 0 Å². The van der Waals surface area contributed by atoms with Crippen LogP contribution in [0, 0.1) is 6.92 Å². The summed E-state index contributed by atoms with van der Waals surface area (Å²) >= 11 is 5.96. The second-order valence-electron chi connectivity index (χ2n) is 4.41. The monoisotopic (exact) mass is 276 g/mol. The highest BCUT2D eigenvalue weighted by Gasteiger charge is 2.08. The Hall–Kier alpha value is -1.52. The topological polar surface area (TPSA) is 41.9 Å². The summed E-state index contributed by atoms with van der Waals surface area (Å²) in [6.45, 7) is 6.53. The molecular formula is C14H17ClN4. The van der Waals surface area contributed by atoms with E-state index in [-0.39, 0.29) is 0 Å². The third kappa shape index (κ3) is 4.26. The normalized spacial score (nSPS) is 10.9. The van der Waals surface area contributed by atoms with Gasteiger partial charge < -0.3 is 0 Å². The van der Waals surface area contributed by atoms with Gasteiger partial charge in [-0.25, -0.2) is 9.97 Å². The summed E-state index contributed by atoms with van der Waals surface area (Å²) in [4.78, 5) is 15.0. The largest absolute Gasteiger partial charge is 0.292 e. The van der Waals surface area contributed by atoms with Crippen molar-refractivity contribution in [3.63, 3.8) is 0 Å². The summed E-state index contributed by atoms with van der Waals surface area (Å²) in [7, 11) is 0. The molecule has 0 spiro atoms. The predicted octanol–water partition coefficient (Wildman–Crippen LogP) is 2.86. The van der Waals surface area contributed by atoms with E-state index in [9.17, 15) is 0 Å². The van der Waals surface area contributed by atoms with Gasteiger partial charge in [0, 0.05) is 24.6 Å². The fourth-order valence-electron chi connectivity index (χ4n) is 1.89. The van der Waals surface area contributed by atoms with Crippen LogP contribution in [0.15, 0.2) is 30.6 Å². The highest BCUT2D eigenvalue weighted by atomic mass is 35.5. The van der Waals surface area contributed by atoms with Gasteiger partial charge >= 0.3 is 0 Å². The van der Waals surface area contributed by atoms with E-state index >= 15 is 0 Å². The minimum Gasteiger partial charge on any atom is -0.292 e. The van der Waals surface area contributed by atoms with Crippen LogP contribution in [0.3, 0.4) is 0 Å². The molecule has 0 fully saturated rings. The maximum Gasteiger partial charge on any atom is 0.144 e. The highest BCUT2D eigenvalue weighted by molar-refractivity contribution is 6.29. The van der Waals surface area contributed by atoms with Crippen molar-refractivity contribution in [2.45, 2.75) is 26.9 Å². The summed E-state index contributed by atoms with van der Waals surface area (Å²) < 4.78 is 0. The van der Waals surface area contributed by atoms with E-state index in [0.717, 1.165) is 24.6 Å². The van der Waals surface area contributed by atoms with E-state index in [2.05, 4.69) is 26.8 Å². The van der Waals surface area contributed by atoms with Gasteiger partial charge in [-0.3, -0.25) is 9.88 Å². The average molecular weight is 277 g/mol. The van der Waals surface area contributed by atoms with Crippen LogP contribution in [-0.4, -0.2) is 26.4 Å². The van der Waals surface area contributed by atoms with E-state index in [1.165, 1.54) is 5.56 Å². The molecule has 5 heteroatoms. The van der Waals surface area contributed by atoms with Crippen molar-refractivity contribution in [1.82, 2.24) is 19.9 Å². The number of halogens is 1. The molecule has 0 saturated carbocycles. The summed E-state index contributed by atoms with van der Waals surface area (Å²) in [5.41, 5.74) is 2.13. The van der Waals surface area contributed by atoms with Crippen molar-refractivity contribution in [2.24, 2.45) is 0 Å². The molecule has 0 aromatic carbocycles. The zero-order valence-electron chi connectivity index (χ0n) is 11.2. The molecule has 0 radical (unpaired) electrons. The van der Waals surface area contributed by atoms with E-state index in [0.29, 0.717) is 11.7 Å². The maximum absolute atomic E-state index is 5.96. The van der Waals surface area contributed by atoms with Gasteiger partial charge in [0.2, 0.25) is 0 Å². The van der Waals surface area contributed by atoms with Gasteiger partial charge in [0.25, 0.3) is 0 Å². The van der Waals surface area contributed by atoms with Gasteiger partial charge in [-0.15, -0.1) is 0 Å². The van der Waals surface area contributed by atoms with Crippen LogP contribution in [0.2, 0.25) is 5.15 Å². The van der Waals surface area contributed by atoms with E-state index in [1.807, 2.05) is 31.5 Å². The van der Waals surface area contributed by atoms with Crippen molar-refractivity contribution >= 4 is 11.6 Å². The molecule has 2 aromatic heterocycles. The number of pyridine rings is 1. The first-order chi connectivity index (χ1) is 9.17. The minimum atomic E-state index is 0.502. The van der Waals surface area contributed by atoms with Crippen LogP contribution in [0.4, 0.5) is 0 Å². The lowest BCUT2D eigenvalue weighted by Crippen LogP contribution is -2.23. The molecule has 100 valence electrons. The molecule has 0 unspecified atom stereocenters. The van der Waals surface area contributed by atoms with Crippen LogP contribution in [-0.2, 0) is 13.1 Å². The first kappa shape index (κ1) is 13.9. The number of aromatic nitrogens is 3. The third-order valence-corrected chi connectivity index (χ3v) is 3.03. The zero-order valence-corrected chi connectivity index (χ0v) is 11.9. The lowest BCUT2D eigenvalue weighted by atomic mass is 10.2. The number of nitrogens with zero attached hydrogens (tertiary/aromatic N) is 4. The van der Waals surface area contributed by atoms with E-state index in [4.69, 9.17) is 11.6 Å². The molecule has 19 heavy (non-hydrogen) atoms. The molecular weight excluding hydrogens is 260 g/mol. The average Bonchev–Trinajstić information content (AvgIpc) is 2.38. The molecule has 0 aliphatic heterocycles. The molecule has 4 nitrogen and oxygen atoms in total. The fourth-order valence-corrected chi connectivity index (χ4v) is 2.14. The molecule has 0 atom stereocenters. The van der Waals surface area contributed by atoms with Crippen LogP contribution in [0.1, 0.15) is 24.0 Å². The Morgan fingerprint density at radius 2 is 1.89 bits per heavy atom. The van der Waals surface area contributed by atoms with Crippen molar-refractivity contribution in [3.8, 4) is 0 Å². The number of hydrogen-bond donors (Lipinski definition) is 0.